The predicted molar refractivity (Wildman–Crippen MR) is 115 cm³/mol. The molecular formula is C22H30N4O5. The summed E-state index contributed by atoms with van der Waals surface area (Å²) >= 11 is 0. The predicted octanol–water partition coefficient (Wildman–Crippen LogP) is 1.93. The fraction of sp³-hybridized carbons (Fsp3) is 0.591. The molecule has 1 aromatic rings. The van der Waals surface area contributed by atoms with Crippen molar-refractivity contribution >= 4 is 29.3 Å². The Morgan fingerprint density at radius 2 is 1.71 bits per heavy atom. The topological polar surface area (TPSA) is 91.4 Å². The van der Waals surface area contributed by atoms with Crippen molar-refractivity contribution in [3.8, 4) is 0 Å². The Kier molecular flexibility index (Phi) is 6.60. The van der Waals surface area contributed by atoms with E-state index in [1.165, 1.54) is 7.11 Å². The first kappa shape index (κ1) is 21.4. The van der Waals surface area contributed by atoms with Crippen molar-refractivity contribution in [3.05, 3.63) is 23.8 Å². The van der Waals surface area contributed by atoms with Crippen LogP contribution in [0.4, 0.5) is 16.2 Å². The highest BCUT2D eigenvalue weighted by molar-refractivity contribution is 5.97. The van der Waals surface area contributed by atoms with Gasteiger partial charge < -0.3 is 29.5 Å². The van der Waals surface area contributed by atoms with E-state index < -0.39 is 5.97 Å². The lowest BCUT2D eigenvalue weighted by Crippen LogP contribution is -2.53. The van der Waals surface area contributed by atoms with Gasteiger partial charge in [0.25, 0.3) is 5.91 Å². The van der Waals surface area contributed by atoms with E-state index in [4.69, 9.17) is 9.47 Å². The lowest BCUT2D eigenvalue weighted by Gasteiger charge is -2.36. The number of nitrogens with one attached hydrogen (secondary N) is 1. The van der Waals surface area contributed by atoms with E-state index in [0.717, 1.165) is 44.5 Å². The van der Waals surface area contributed by atoms with Gasteiger partial charge in [-0.15, -0.1) is 0 Å². The largest absolute Gasteiger partial charge is 0.465 e. The van der Waals surface area contributed by atoms with Gasteiger partial charge in [-0.2, -0.15) is 0 Å². The lowest BCUT2D eigenvalue weighted by molar-refractivity contribution is -0.142. The van der Waals surface area contributed by atoms with Crippen molar-refractivity contribution in [1.82, 2.24) is 9.80 Å². The molecule has 0 aliphatic carbocycles. The van der Waals surface area contributed by atoms with Crippen LogP contribution in [0.15, 0.2) is 18.2 Å². The summed E-state index contributed by atoms with van der Waals surface area (Å²) < 4.78 is 10.3. The molecule has 9 heteroatoms. The number of piperazine rings is 1. The monoisotopic (exact) mass is 430 g/mol. The van der Waals surface area contributed by atoms with E-state index in [9.17, 15) is 14.4 Å². The summed E-state index contributed by atoms with van der Waals surface area (Å²) in [4.78, 5) is 43.2. The zero-order valence-corrected chi connectivity index (χ0v) is 18.0. The average molecular weight is 431 g/mol. The van der Waals surface area contributed by atoms with E-state index in [0.29, 0.717) is 44.0 Å². The molecule has 31 heavy (non-hydrogen) atoms. The number of carbonyl (C=O) groups excluding carboxylic acids is 3. The minimum atomic E-state index is -0.440. The number of esters is 1. The first-order valence-corrected chi connectivity index (χ1v) is 11.0. The zero-order valence-electron chi connectivity index (χ0n) is 18.0. The van der Waals surface area contributed by atoms with Gasteiger partial charge in [-0.25, -0.2) is 9.59 Å². The number of nitrogens with zero attached hydrogens (tertiary/aromatic N) is 3. The van der Waals surface area contributed by atoms with E-state index >= 15 is 0 Å². The molecule has 3 amide bonds. The number of urea groups is 1. The van der Waals surface area contributed by atoms with Gasteiger partial charge in [-0.1, -0.05) is 0 Å². The number of methoxy groups -OCH3 is 1. The summed E-state index contributed by atoms with van der Waals surface area (Å²) in [6, 6.07) is 5.04. The van der Waals surface area contributed by atoms with Gasteiger partial charge in [0, 0.05) is 45.9 Å². The maximum absolute atomic E-state index is 13.0. The second kappa shape index (κ2) is 9.55. The molecule has 1 atom stereocenters. The van der Waals surface area contributed by atoms with Gasteiger partial charge in [0.05, 0.1) is 24.0 Å². The molecule has 0 bridgehead atoms. The molecule has 0 saturated carbocycles. The number of benzene rings is 1. The maximum atomic E-state index is 13.0. The third kappa shape index (κ3) is 4.76. The molecule has 3 aliphatic heterocycles. The molecule has 3 saturated heterocycles. The first-order valence-electron chi connectivity index (χ1n) is 11.0. The van der Waals surface area contributed by atoms with Gasteiger partial charge in [0.1, 0.15) is 6.10 Å². The van der Waals surface area contributed by atoms with E-state index in [2.05, 4.69) is 10.2 Å². The molecule has 3 aliphatic rings. The number of rotatable bonds is 4. The van der Waals surface area contributed by atoms with Crippen LogP contribution in [0, 0.1) is 0 Å². The first-order chi connectivity index (χ1) is 15.1. The van der Waals surface area contributed by atoms with Crippen molar-refractivity contribution in [1.29, 1.82) is 0 Å². The summed E-state index contributed by atoms with van der Waals surface area (Å²) in [6.45, 7) is 4.39. The van der Waals surface area contributed by atoms with Crippen molar-refractivity contribution in [2.24, 2.45) is 0 Å². The number of carbonyl (C=O) groups is 3. The van der Waals surface area contributed by atoms with Crippen molar-refractivity contribution < 1.29 is 23.9 Å². The molecule has 9 nitrogen and oxygen atoms in total. The second-order valence-electron chi connectivity index (χ2n) is 8.16. The quantitative estimate of drug-likeness (QED) is 0.734. The molecule has 3 fully saturated rings. The lowest BCUT2D eigenvalue weighted by atomic mass is 10.1. The van der Waals surface area contributed by atoms with Crippen molar-refractivity contribution in [3.63, 3.8) is 0 Å². The summed E-state index contributed by atoms with van der Waals surface area (Å²) in [7, 11) is 1.34. The van der Waals surface area contributed by atoms with Gasteiger partial charge in [-0.05, 0) is 43.9 Å². The highest BCUT2D eigenvalue weighted by Crippen LogP contribution is 2.30. The summed E-state index contributed by atoms with van der Waals surface area (Å²) in [5.41, 5.74) is 1.91. The van der Waals surface area contributed by atoms with Crippen molar-refractivity contribution in [2.45, 2.75) is 31.8 Å². The summed E-state index contributed by atoms with van der Waals surface area (Å²) in [5.74, 6) is -0.413. The van der Waals surface area contributed by atoms with Crippen LogP contribution in [-0.4, -0.2) is 86.8 Å². The highest BCUT2D eigenvalue weighted by Gasteiger charge is 2.31. The van der Waals surface area contributed by atoms with Gasteiger partial charge >= 0.3 is 12.0 Å². The molecule has 0 spiro atoms. The Hall–Kier alpha value is -2.81. The SMILES string of the molecule is COC(=O)c1ccc(N2CCCC2)c(NC(=O)N2CCN(C(=O)[C@@H]3CCCO3)CC2)c1. The van der Waals surface area contributed by atoms with Crippen LogP contribution in [0.1, 0.15) is 36.0 Å². The normalized spacial score (nSPS) is 21.3. The van der Waals surface area contributed by atoms with Crippen LogP contribution in [-0.2, 0) is 14.3 Å². The Labute approximate surface area is 182 Å². The van der Waals surface area contributed by atoms with Gasteiger partial charge in [0.2, 0.25) is 0 Å². The van der Waals surface area contributed by atoms with E-state index in [1.54, 1.807) is 21.9 Å². The Morgan fingerprint density at radius 3 is 2.35 bits per heavy atom. The minimum absolute atomic E-state index is 0.0275. The van der Waals surface area contributed by atoms with E-state index in [-0.39, 0.29) is 18.0 Å². The highest BCUT2D eigenvalue weighted by atomic mass is 16.5. The van der Waals surface area contributed by atoms with Crippen LogP contribution in [0.3, 0.4) is 0 Å². The third-order valence-corrected chi connectivity index (χ3v) is 6.19. The molecule has 4 rings (SSSR count). The fourth-order valence-corrected chi connectivity index (χ4v) is 4.42. The smallest absolute Gasteiger partial charge is 0.337 e. The third-order valence-electron chi connectivity index (χ3n) is 6.19. The molecule has 0 unspecified atom stereocenters. The van der Waals surface area contributed by atoms with Gasteiger partial charge in [-0.3, -0.25) is 4.79 Å². The summed E-state index contributed by atoms with van der Waals surface area (Å²) in [5, 5.41) is 2.99. The van der Waals surface area contributed by atoms with Gasteiger partial charge in [0.15, 0.2) is 0 Å². The van der Waals surface area contributed by atoms with Crippen molar-refractivity contribution in [2.75, 3.05) is 63.2 Å². The molecule has 0 aromatic heterocycles. The van der Waals surface area contributed by atoms with Crippen LogP contribution in [0.2, 0.25) is 0 Å². The Morgan fingerprint density at radius 1 is 1.00 bits per heavy atom. The molecule has 0 radical (unpaired) electrons. The number of ether oxygens (including phenoxy) is 2. The zero-order chi connectivity index (χ0) is 21.8. The van der Waals surface area contributed by atoms with Crippen LogP contribution in [0.5, 0.6) is 0 Å². The number of hydrogen-bond acceptors (Lipinski definition) is 6. The Bertz CT molecular complexity index is 825. The van der Waals surface area contributed by atoms with E-state index in [1.807, 2.05) is 6.07 Å². The average Bonchev–Trinajstić information content (AvgIpc) is 3.52. The van der Waals surface area contributed by atoms with Crippen LogP contribution in [0.25, 0.3) is 0 Å². The van der Waals surface area contributed by atoms with Crippen LogP contribution < -0.4 is 10.2 Å². The number of amides is 3. The maximum Gasteiger partial charge on any atom is 0.337 e. The van der Waals surface area contributed by atoms with Crippen LogP contribution >= 0.6 is 0 Å². The molecule has 3 heterocycles. The minimum Gasteiger partial charge on any atom is -0.465 e. The molecule has 1 N–H and O–H groups in total. The number of anilines is 2. The molecule has 1 aromatic carbocycles. The Balaban J connectivity index is 1.41. The molecule has 168 valence electrons. The standard InChI is InChI=1S/C22H30N4O5/c1-30-21(28)16-6-7-18(24-8-2-3-9-24)17(15-16)23-22(29)26-12-10-25(11-13-26)20(27)19-5-4-14-31-19/h6-7,15,19H,2-5,8-14H2,1H3,(H,23,29)/t19-/m0/s1. The molecular weight excluding hydrogens is 400 g/mol. The number of hydrogen-bond donors (Lipinski definition) is 1. The summed E-state index contributed by atoms with van der Waals surface area (Å²) in [6.07, 6.45) is 3.57. The fourth-order valence-electron chi connectivity index (χ4n) is 4.42. The second-order valence-corrected chi connectivity index (χ2v) is 8.16.